The van der Waals surface area contributed by atoms with Crippen molar-refractivity contribution in [1.29, 1.82) is 0 Å². The number of benzene rings is 4. The molecule has 0 saturated heterocycles. The predicted octanol–water partition coefficient (Wildman–Crippen LogP) is 6.03. The molecule has 0 atom stereocenters. The Morgan fingerprint density at radius 2 is 1.38 bits per heavy atom. The predicted molar refractivity (Wildman–Crippen MR) is 135 cm³/mol. The zero-order valence-electron chi connectivity index (χ0n) is 18.1. The third kappa shape index (κ3) is 6.18. The molecule has 0 fully saturated rings. The second kappa shape index (κ2) is 11.1. The average Bonchev–Trinajstić information content (AvgIpc) is 2.89. The summed E-state index contributed by atoms with van der Waals surface area (Å²) in [5, 5.41) is 4.52. The summed E-state index contributed by atoms with van der Waals surface area (Å²) in [6, 6.07) is 31.1. The van der Waals surface area contributed by atoms with E-state index in [0.717, 1.165) is 16.7 Å². The molecule has 168 valence electrons. The van der Waals surface area contributed by atoms with Gasteiger partial charge in [-0.1, -0.05) is 66.2 Å². The van der Waals surface area contributed by atoms with Crippen molar-refractivity contribution >= 4 is 29.5 Å². The minimum Gasteiger partial charge on any atom is -0.485 e. The van der Waals surface area contributed by atoms with Crippen molar-refractivity contribution in [2.75, 3.05) is 6.61 Å². The van der Waals surface area contributed by atoms with Gasteiger partial charge < -0.3 is 4.74 Å². The van der Waals surface area contributed by atoms with E-state index in [1.165, 1.54) is 6.21 Å². The Kier molecular flexibility index (Phi) is 7.48. The van der Waals surface area contributed by atoms with Crippen molar-refractivity contribution < 1.29 is 14.3 Å². The summed E-state index contributed by atoms with van der Waals surface area (Å²) in [5.41, 5.74) is 6.45. The number of hydrazone groups is 1. The molecule has 0 aromatic heterocycles. The number of rotatable bonds is 8. The second-order valence-corrected chi connectivity index (χ2v) is 7.87. The van der Waals surface area contributed by atoms with Gasteiger partial charge in [-0.3, -0.25) is 9.59 Å². The van der Waals surface area contributed by atoms with Crippen LogP contribution in [0.3, 0.4) is 0 Å². The monoisotopic (exact) mass is 468 g/mol. The van der Waals surface area contributed by atoms with Crippen LogP contribution in [0.2, 0.25) is 5.02 Å². The van der Waals surface area contributed by atoms with Crippen LogP contribution in [0.4, 0.5) is 0 Å². The molecule has 34 heavy (non-hydrogen) atoms. The van der Waals surface area contributed by atoms with E-state index in [9.17, 15) is 9.59 Å². The molecule has 0 radical (unpaired) electrons. The maximum absolute atomic E-state index is 12.5. The van der Waals surface area contributed by atoms with Gasteiger partial charge in [-0.15, -0.1) is 0 Å². The van der Waals surface area contributed by atoms with Gasteiger partial charge >= 0.3 is 0 Å². The lowest BCUT2D eigenvalue weighted by molar-refractivity contribution is 0.0920. The maximum Gasteiger partial charge on any atom is 0.271 e. The molecular weight excluding hydrogens is 448 g/mol. The summed E-state index contributed by atoms with van der Waals surface area (Å²) in [6.45, 7) is -0.0602. The molecule has 0 saturated carbocycles. The normalized spacial score (nSPS) is 10.7. The fraction of sp³-hybridized carbons (Fsp3) is 0.0357. The van der Waals surface area contributed by atoms with Crippen molar-refractivity contribution in [2.45, 2.75) is 0 Å². The summed E-state index contributed by atoms with van der Waals surface area (Å²) < 4.78 is 5.63. The molecule has 0 heterocycles. The smallest absolute Gasteiger partial charge is 0.271 e. The first kappa shape index (κ1) is 23.0. The standard InChI is InChI=1S/C28H21ClN2O3/c29-25-14-12-24(13-15-25)28(33)31-30-18-20-6-16-26(17-7-20)34-19-27(32)23-10-8-22(9-11-23)21-4-2-1-3-5-21/h1-18H,19H2,(H,31,33)/b30-18+. The highest BCUT2D eigenvalue weighted by Gasteiger charge is 2.08. The van der Waals surface area contributed by atoms with Gasteiger partial charge in [0, 0.05) is 16.1 Å². The highest BCUT2D eigenvalue weighted by atomic mass is 35.5. The quantitative estimate of drug-likeness (QED) is 0.195. The van der Waals surface area contributed by atoms with Gasteiger partial charge in [0.25, 0.3) is 5.91 Å². The topological polar surface area (TPSA) is 67.8 Å². The van der Waals surface area contributed by atoms with E-state index in [-0.39, 0.29) is 18.3 Å². The summed E-state index contributed by atoms with van der Waals surface area (Å²) in [7, 11) is 0. The summed E-state index contributed by atoms with van der Waals surface area (Å²) in [5.74, 6) is 0.134. The molecule has 0 spiro atoms. The van der Waals surface area contributed by atoms with Gasteiger partial charge in [0.05, 0.1) is 6.21 Å². The molecule has 0 bridgehead atoms. The van der Waals surface area contributed by atoms with E-state index in [4.69, 9.17) is 16.3 Å². The van der Waals surface area contributed by atoms with Crippen LogP contribution in [0, 0.1) is 0 Å². The average molecular weight is 469 g/mol. The van der Waals surface area contributed by atoms with Gasteiger partial charge in [0.15, 0.2) is 12.4 Å². The van der Waals surface area contributed by atoms with Crippen LogP contribution in [-0.4, -0.2) is 24.5 Å². The third-order valence-corrected chi connectivity index (χ3v) is 5.30. The molecular formula is C28H21ClN2O3. The number of halogens is 1. The lowest BCUT2D eigenvalue weighted by Crippen LogP contribution is -2.17. The Labute approximate surface area is 202 Å². The molecule has 4 aromatic rings. The minimum atomic E-state index is -0.330. The van der Waals surface area contributed by atoms with E-state index in [0.29, 0.717) is 21.9 Å². The van der Waals surface area contributed by atoms with Gasteiger partial charge in [-0.05, 0) is 65.2 Å². The largest absolute Gasteiger partial charge is 0.485 e. The molecule has 1 N–H and O–H groups in total. The fourth-order valence-corrected chi connectivity index (χ4v) is 3.32. The zero-order chi connectivity index (χ0) is 23.8. The van der Waals surface area contributed by atoms with Gasteiger partial charge in [-0.2, -0.15) is 5.10 Å². The summed E-state index contributed by atoms with van der Waals surface area (Å²) >= 11 is 5.82. The minimum absolute atomic E-state index is 0.0602. The number of carbonyl (C=O) groups excluding carboxylic acids is 2. The number of amides is 1. The van der Waals surface area contributed by atoms with Gasteiger partial charge in [0.1, 0.15) is 5.75 Å². The van der Waals surface area contributed by atoms with E-state index in [1.54, 1.807) is 48.5 Å². The number of hydrogen-bond donors (Lipinski definition) is 1. The van der Waals surface area contributed by atoms with Crippen LogP contribution in [-0.2, 0) is 0 Å². The van der Waals surface area contributed by atoms with Crippen LogP contribution in [0.15, 0.2) is 108 Å². The van der Waals surface area contributed by atoms with Crippen molar-refractivity contribution in [3.05, 3.63) is 125 Å². The highest BCUT2D eigenvalue weighted by molar-refractivity contribution is 6.30. The van der Waals surface area contributed by atoms with Crippen molar-refractivity contribution in [1.82, 2.24) is 5.43 Å². The first-order chi connectivity index (χ1) is 16.6. The number of nitrogens with zero attached hydrogens (tertiary/aromatic N) is 1. The second-order valence-electron chi connectivity index (χ2n) is 7.43. The Morgan fingerprint density at radius 1 is 0.765 bits per heavy atom. The molecule has 5 nitrogen and oxygen atoms in total. The lowest BCUT2D eigenvalue weighted by Gasteiger charge is -2.07. The van der Waals surface area contributed by atoms with Crippen LogP contribution >= 0.6 is 11.6 Å². The van der Waals surface area contributed by atoms with E-state index in [1.807, 2.05) is 54.6 Å². The van der Waals surface area contributed by atoms with Crippen molar-refractivity contribution in [2.24, 2.45) is 5.10 Å². The maximum atomic E-state index is 12.5. The molecule has 4 aromatic carbocycles. The number of carbonyl (C=O) groups is 2. The van der Waals surface area contributed by atoms with Crippen LogP contribution in [0.25, 0.3) is 11.1 Å². The first-order valence-electron chi connectivity index (χ1n) is 10.6. The van der Waals surface area contributed by atoms with E-state index < -0.39 is 0 Å². The van der Waals surface area contributed by atoms with Crippen LogP contribution in [0.5, 0.6) is 5.75 Å². The third-order valence-electron chi connectivity index (χ3n) is 5.05. The van der Waals surface area contributed by atoms with E-state index >= 15 is 0 Å². The lowest BCUT2D eigenvalue weighted by atomic mass is 10.0. The SMILES string of the molecule is O=C(COc1ccc(/C=N/NC(=O)c2ccc(Cl)cc2)cc1)c1ccc(-c2ccccc2)cc1. The number of ether oxygens (including phenoxy) is 1. The molecule has 0 aliphatic rings. The Morgan fingerprint density at radius 3 is 2.06 bits per heavy atom. The fourth-order valence-electron chi connectivity index (χ4n) is 3.19. The Balaban J connectivity index is 1.27. The number of Topliss-reactive ketones (excluding diaryl/α,β-unsaturated/α-hetero) is 1. The number of hydrogen-bond acceptors (Lipinski definition) is 4. The Bertz CT molecular complexity index is 1280. The van der Waals surface area contributed by atoms with Crippen LogP contribution in [0.1, 0.15) is 26.3 Å². The summed E-state index contributed by atoms with van der Waals surface area (Å²) in [4.78, 5) is 24.5. The van der Waals surface area contributed by atoms with Crippen LogP contribution < -0.4 is 10.2 Å². The summed E-state index contributed by atoms with van der Waals surface area (Å²) in [6.07, 6.45) is 1.52. The molecule has 0 aliphatic carbocycles. The molecule has 4 rings (SSSR count). The molecule has 6 heteroatoms. The number of nitrogens with one attached hydrogen (secondary N) is 1. The highest BCUT2D eigenvalue weighted by Crippen LogP contribution is 2.20. The van der Waals surface area contributed by atoms with E-state index in [2.05, 4.69) is 10.5 Å². The van der Waals surface area contributed by atoms with Gasteiger partial charge in [-0.25, -0.2) is 5.43 Å². The zero-order valence-corrected chi connectivity index (χ0v) is 18.9. The van der Waals surface area contributed by atoms with Crippen molar-refractivity contribution in [3.63, 3.8) is 0 Å². The molecule has 0 unspecified atom stereocenters. The number of ketones is 1. The Hall–Kier alpha value is -4.22. The molecule has 1 amide bonds. The molecule has 0 aliphatic heterocycles. The van der Waals surface area contributed by atoms with Gasteiger partial charge in [0.2, 0.25) is 0 Å². The first-order valence-corrected chi connectivity index (χ1v) is 11.0. The van der Waals surface area contributed by atoms with Crippen molar-refractivity contribution in [3.8, 4) is 16.9 Å².